The summed E-state index contributed by atoms with van der Waals surface area (Å²) in [4.78, 5) is 17.8. The number of rotatable bonds is 7. The molecule has 0 atom stereocenters. The van der Waals surface area contributed by atoms with Crippen molar-refractivity contribution in [1.29, 1.82) is 0 Å². The third kappa shape index (κ3) is 5.01. The molecule has 154 valence electrons. The lowest BCUT2D eigenvalue weighted by atomic mass is 10.1. The molecule has 2 aromatic carbocycles. The van der Waals surface area contributed by atoms with Crippen LogP contribution in [0, 0.1) is 6.92 Å². The zero-order valence-corrected chi connectivity index (χ0v) is 18.3. The minimum absolute atomic E-state index is 0.0491. The van der Waals surface area contributed by atoms with Crippen molar-refractivity contribution >= 4 is 37.3 Å². The number of nitrogens with zero attached hydrogens (tertiary/aromatic N) is 2. The van der Waals surface area contributed by atoms with Crippen LogP contribution in [-0.4, -0.2) is 38.4 Å². The molecule has 0 aliphatic heterocycles. The van der Waals surface area contributed by atoms with E-state index in [9.17, 15) is 13.2 Å². The van der Waals surface area contributed by atoms with Gasteiger partial charge >= 0.3 is 0 Å². The maximum Gasteiger partial charge on any atom is 0.252 e. The minimum atomic E-state index is -3.25. The topological polar surface area (TPSA) is 77.7 Å². The first kappa shape index (κ1) is 21.4. The number of sulfone groups is 1. The van der Waals surface area contributed by atoms with E-state index < -0.39 is 9.84 Å². The Morgan fingerprint density at radius 2 is 1.90 bits per heavy atom. The number of methoxy groups -OCH3 is 1. The van der Waals surface area contributed by atoms with Crippen LogP contribution in [0.3, 0.4) is 0 Å². The van der Waals surface area contributed by atoms with Crippen molar-refractivity contribution in [1.82, 2.24) is 4.57 Å². The monoisotopic (exact) mass is 432 g/mol. The summed E-state index contributed by atoms with van der Waals surface area (Å²) in [7, 11) is -1.60. The van der Waals surface area contributed by atoms with Crippen LogP contribution >= 0.6 is 11.3 Å². The van der Waals surface area contributed by atoms with Crippen LogP contribution in [0.1, 0.15) is 18.1 Å². The van der Waals surface area contributed by atoms with Gasteiger partial charge in [-0.1, -0.05) is 36.5 Å². The average Bonchev–Trinajstić information content (AvgIpc) is 3.02. The van der Waals surface area contributed by atoms with Gasteiger partial charge in [-0.2, -0.15) is 4.99 Å². The van der Waals surface area contributed by atoms with Gasteiger partial charge in [0.2, 0.25) is 0 Å². The molecule has 1 heterocycles. The van der Waals surface area contributed by atoms with Gasteiger partial charge in [-0.3, -0.25) is 4.79 Å². The fraction of sp³-hybridized carbons (Fsp3) is 0.333. The van der Waals surface area contributed by atoms with Crippen molar-refractivity contribution in [2.24, 2.45) is 4.99 Å². The van der Waals surface area contributed by atoms with E-state index in [1.54, 1.807) is 38.3 Å². The van der Waals surface area contributed by atoms with E-state index in [0.717, 1.165) is 21.3 Å². The third-order valence-electron chi connectivity index (χ3n) is 4.60. The molecule has 8 heteroatoms. The van der Waals surface area contributed by atoms with E-state index in [1.807, 2.05) is 23.6 Å². The summed E-state index contributed by atoms with van der Waals surface area (Å²) in [5.74, 6) is -0.224. The number of aryl methyl sites for hydroxylation is 1. The number of thiazole rings is 1. The van der Waals surface area contributed by atoms with Crippen molar-refractivity contribution < 1.29 is 17.9 Å². The van der Waals surface area contributed by atoms with Gasteiger partial charge in [-0.15, -0.1) is 0 Å². The second-order valence-corrected chi connectivity index (χ2v) is 10.0. The Labute approximate surface area is 174 Å². The highest BCUT2D eigenvalue weighted by atomic mass is 32.2. The fourth-order valence-electron chi connectivity index (χ4n) is 2.97. The van der Waals surface area contributed by atoms with Gasteiger partial charge in [-0.05, 0) is 42.3 Å². The van der Waals surface area contributed by atoms with Crippen molar-refractivity contribution in [3.05, 3.63) is 58.4 Å². The van der Waals surface area contributed by atoms with Crippen LogP contribution in [0.25, 0.3) is 10.2 Å². The van der Waals surface area contributed by atoms with Gasteiger partial charge in [0, 0.05) is 13.7 Å². The lowest BCUT2D eigenvalue weighted by molar-refractivity contribution is -0.117. The zero-order valence-electron chi connectivity index (χ0n) is 16.7. The molecule has 0 aliphatic carbocycles. The number of aromatic nitrogens is 1. The van der Waals surface area contributed by atoms with Crippen molar-refractivity contribution in [2.75, 3.05) is 19.5 Å². The first-order chi connectivity index (χ1) is 13.8. The van der Waals surface area contributed by atoms with Gasteiger partial charge in [0.15, 0.2) is 14.6 Å². The molecule has 1 aromatic heterocycles. The van der Waals surface area contributed by atoms with Crippen LogP contribution in [0.15, 0.2) is 52.4 Å². The Morgan fingerprint density at radius 3 is 2.55 bits per heavy atom. The van der Waals surface area contributed by atoms with E-state index in [4.69, 9.17) is 4.74 Å². The number of amides is 1. The number of fused-ring (bicyclic) bond motifs is 1. The number of carbonyl (C=O) groups excluding carboxylic acids is 1. The smallest absolute Gasteiger partial charge is 0.252 e. The van der Waals surface area contributed by atoms with Gasteiger partial charge < -0.3 is 9.30 Å². The largest absolute Gasteiger partial charge is 0.383 e. The molecule has 0 saturated carbocycles. The van der Waals surface area contributed by atoms with Crippen molar-refractivity contribution in [2.45, 2.75) is 31.7 Å². The maximum absolute atomic E-state index is 12.6. The highest BCUT2D eigenvalue weighted by Gasteiger charge is 2.12. The SMILES string of the molecule is CCS(=O)(=O)c1ccc(CC(=O)N=c2sc3cc(C)ccc3n2CCOC)cc1. The molecular formula is C21H24N2O4S2. The molecule has 29 heavy (non-hydrogen) atoms. The lowest BCUT2D eigenvalue weighted by Gasteiger charge is -2.05. The number of ether oxygens (including phenoxy) is 1. The van der Waals surface area contributed by atoms with E-state index in [0.29, 0.717) is 18.0 Å². The number of hydrogen-bond acceptors (Lipinski definition) is 5. The lowest BCUT2D eigenvalue weighted by Crippen LogP contribution is -2.19. The Kier molecular flexibility index (Phi) is 6.66. The van der Waals surface area contributed by atoms with Crippen LogP contribution in [0.4, 0.5) is 0 Å². The molecule has 3 rings (SSSR count). The first-order valence-corrected chi connectivity index (χ1v) is 11.8. The minimum Gasteiger partial charge on any atom is -0.383 e. The van der Waals surface area contributed by atoms with Crippen molar-refractivity contribution in [3.63, 3.8) is 0 Å². The standard InChI is InChI=1S/C21H24N2O4S2/c1-4-29(25,26)17-8-6-16(7-9-17)14-20(24)22-21-23(11-12-27-3)18-10-5-15(2)13-19(18)28-21/h5-10,13H,4,11-12,14H2,1-3H3. The Morgan fingerprint density at radius 1 is 1.17 bits per heavy atom. The van der Waals surface area contributed by atoms with Gasteiger partial charge in [0.05, 0.1) is 33.9 Å². The normalized spacial score (nSPS) is 12.6. The van der Waals surface area contributed by atoms with Crippen LogP contribution in [0.2, 0.25) is 0 Å². The zero-order chi connectivity index (χ0) is 21.0. The average molecular weight is 433 g/mol. The summed E-state index contributed by atoms with van der Waals surface area (Å²) in [6.07, 6.45) is 0.115. The molecule has 0 N–H and O–H groups in total. The summed E-state index contributed by atoms with van der Waals surface area (Å²) in [6.45, 7) is 4.77. The summed E-state index contributed by atoms with van der Waals surface area (Å²) < 4.78 is 32.1. The molecule has 0 unspecified atom stereocenters. The molecule has 0 fully saturated rings. The van der Waals surface area contributed by atoms with Gasteiger partial charge in [0.25, 0.3) is 5.91 Å². The molecule has 0 radical (unpaired) electrons. The second kappa shape index (κ2) is 9.02. The molecule has 0 bridgehead atoms. The quantitative estimate of drug-likeness (QED) is 0.575. The molecule has 1 amide bonds. The molecule has 6 nitrogen and oxygen atoms in total. The Balaban J connectivity index is 1.89. The van der Waals surface area contributed by atoms with E-state index in [1.165, 1.54) is 11.3 Å². The summed E-state index contributed by atoms with van der Waals surface area (Å²) in [5, 5.41) is 0. The van der Waals surface area contributed by atoms with E-state index >= 15 is 0 Å². The van der Waals surface area contributed by atoms with Crippen LogP contribution < -0.4 is 4.80 Å². The number of hydrogen-bond donors (Lipinski definition) is 0. The second-order valence-electron chi connectivity index (χ2n) is 6.73. The summed E-state index contributed by atoms with van der Waals surface area (Å²) in [5.41, 5.74) is 2.91. The molecule has 0 aliphatic rings. The summed E-state index contributed by atoms with van der Waals surface area (Å²) in [6, 6.07) is 12.6. The predicted molar refractivity (Wildman–Crippen MR) is 115 cm³/mol. The van der Waals surface area contributed by atoms with Gasteiger partial charge in [0.1, 0.15) is 0 Å². The number of benzene rings is 2. The first-order valence-electron chi connectivity index (χ1n) is 9.32. The fourth-order valence-corrected chi connectivity index (χ4v) is 5.02. The van der Waals surface area contributed by atoms with Crippen LogP contribution in [0.5, 0.6) is 0 Å². The van der Waals surface area contributed by atoms with E-state index in [2.05, 4.69) is 11.1 Å². The number of carbonyl (C=O) groups is 1. The molecule has 0 spiro atoms. The predicted octanol–water partition coefficient (Wildman–Crippen LogP) is 3.12. The molecule has 0 saturated heterocycles. The van der Waals surface area contributed by atoms with Gasteiger partial charge in [-0.25, -0.2) is 8.42 Å². The highest BCUT2D eigenvalue weighted by Crippen LogP contribution is 2.19. The Bertz CT molecular complexity index is 1190. The molecule has 3 aromatic rings. The van der Waals surface area contributed by atoms with E-state index in [-0.39, 0.29) is 23.0 Å². The Hall–Kier alpha value is -2.29. The van der Waals surface area contributed by atoms with Crippen molar-refractivity contribution in [3.8, 4) is 0 Å². The highest BCUT2D eigenvalue weighted by molar-refractivity contribution is 7.91. The third-order valence-corrected chi connectivity index (χ3v) is 7.39. The summed E-state index contributed by atoms with van der Waals surface area (Å²) >= 11 is 1.48. The maximum atomic E-state index is 12.6. The van der Waals surface area contributed by atoms with Crippen LogP contribution in [-0.2, 0) is 32.3 Å². The molecular weight excluding hydrogens is 408 g/mol.